The molecule has 1 aliphatic heterocycles. The van der Waals surface area contributed by atoms with Crippen LogP contribution in [0.25, 0.3) is 5.57 Å². The molecule has 0 radical (unpaired) electrons. The van der Waals surface area contributed by atoms with Gasteiger partial charge in [0.15, 0.2) is 5.78 Å². The molecule has 2 rings (SSSR count). The Labute approximate surface area is 100 Å². The van der Waals surface area contributed by atoms with E-state index in [1.54, 1.807) is 6.34 Å². The third-order valence-electron chi connectivity index (χ3n) is 2.54. The maximum absolute atomic E-state index is 11.6. The average Bonchev–Trinajstić information content (AvgIpc) is 2.40. The average molecular weight is 230 g/mol. The number of nitrogens with zero attached hydrogens (tertiary/aromatic N) is 1. The lowest BCUT2D eigenvalue weighted by Crippen LogP contribution is -2.10. The largest absolute Gasteiger partial charge is 0.377 e. The van der Waals surface area contributed by atoms with Gasteiger partial charge in [0.1, 0.15) is 6.61 Å². The van der Waals surface area contributed by atoms with Gasteiger partial charge in [0.25, 0.3) is 0 Å². The van der Waals surface area contributed by atoms with Crippen molar-refractivity contribution in [2.24, 2.45) is 4.99 Å². The van der Waals surface area contributed by atoms with E-state index in [0.29, 0.717) is 12.1 Å². The Bertz CT molecular complexity index is 461. The van der Waals surface area contributed by atoms with Crippen LogP contribution in [0.4, 0.5) is 0 Å². The van der Waals surface area contributed by atoms with Crippen molar-refractivity contribution in [1.29, 1.82) is 0 Å². The molecule has 1 heterocycles. The lowest BCUT2D eigenvalue weighted by Gasteiger charge is -2.09. The fourth-order valence-corrected chi connectivity index (χ4v) is 1.64. The molecule has 88 valence electrons. The lowest BCUT2D eigenvalue weighted by molar-refractivity contribution is 0.0848. The zero-order chi connectivity index (χ0) is 12.1. The molecule has 1 aromatic carbocycles. The fourth-order valence-electron chi connectivity index (χ4n) is 1.64. The van der Waals surface area contributed by atoms with Gasteiger partial charge in [-0.3, -0.25) is 9.79 Å². The molecule has 0 saturated carbocycles. The number of aliphatic imine (C=N–C) groups is 1. The third-order valence-corrected chi connectivity index (χ3v) is 2.54. The first kappa shape index (κ1) is 11.5. The summed E-state index contributed by atoms with van der Waals surface area (Å²) in [5.41, 5.74) is 2.85. The van der Waals surface area contributed by atoms with E-state index in [1.807, 2.05) is 30.5 Å². The van der Waals surface area contributed by atoms with E-state index in [0.717, 1.165) is 11.1 Å². The Morgan fingerprint density at radius 1 is 1.41 bits per heavy atom. The first-order chi connectivity index (χ1) is 8.31. The summed E-state index contributed by atoms with van der Waals surface area (Å²) in [5.74, 6) is -0.00665. The van der Waals surface area contributed by atoms with E-state index in [2.05, 4.69) is 10.3 Å². The molecule has 1 aromatic rings. The highest BCUT2D eigenvalue weighted by atomic mass is 16.5. The Kier molecular flexibility index (Phi) is 3.67. The standard InChI is InChI=1S/C13H14N2O2/c1-17-8-13(16)11-4-2-10(3-5-11)12-6-14-9-15-7-12/h2-6,9H,7-8H2,1H3,(H,14,15). The molecule has 4 nitrogen and oxygen atoms in total. The lowest BCUT2D eigenvalue weighted by atomic mass is 10.0. The minimum atomic E-state index is -0.00665. The van der Waals surface area contributed by atoms with Gasteiger partial charge in [-0.1, -0.05) is 24.3 Å². The summed E-state index contributed by atoms with van der Waals surface area (Å²) in [6.45, 7) is 0.784. The van der Waals surface area contributed by atoms with Gasteiger partial charge in [-0.2, -0.15) is 0 Å². The molecule has 0 aromatic heterocycles. The first-order valence-corrected chi connectivity index (χ1v) is 5.37. The predicted molar refractivity (Wildman–Crippen MR) is 67.1 cm³/mol. The topological polar surface area (TPSA) is 50.7 Å². The van der Waals surface area contributed by atoms with Gasteiger partial charge in [-0.15, -0.1) is 0 Å². The minimum Gasteiger partial charge on any atom is -0.377 e. The molecule has 4 heteroatoms. The maximum atomic E-state index is 11.6. The van der Waals surface area contributed by atoms with Gasteiger partial charge in [-0.05, 0) is 11.1 Å². The molecule has 0 bridgehead atoms. The monoisotopic (exact) mass is 230 g/mol. The molecule has 0 atom stereocenters. The van der Waals surface area contributed by atoms with Crippen LogP contribution in [0.2, 0.25) is 0 Å². The van der Waals surface area contributed by atoms with E-state index < -0.39 is 0 Å². The van der Waals surface area contributed by atoms with Crippen molar-refractivity contribution in [2.45, 2.75) is 0 Å². The summed E-state index contributed by atoms with van der Waals surface area (Å²) >= 11 is 0. The molecule has 0 spiro atoms. The van der Waals surface area contributed by atoms with Crippen LogP contribution in [0.15, 0.2) is 35.5 Å². The van der Waals surface area contributed by atoms with Gasteiger partial charge >= 0.3 is 0 Å². The summed E-state index contributed by atoms with van der Waals surface area (Å²) in [6, 6.07) is 7.49. The molecule has 0 aliphatic carbocycles. The molecule has 0 amide bonds. The van der Waals surface area contributed by atoms with Crippen molar-refractivity contribution < 1.29 is 9.53 Å². The van der Waals surface area contributed by atoms with Crippen LogP contribution < -0.4 is 5.32 Å². The van der Waals surface area contributed by atoms with Gasteiger partial charge in [-0.25, -0.2) is 0 Å². The molecular formula is C13H14N2O2. The molecule has 0 unspecified atom stereocenters. The maximum Gasteiger partial charge on any atom is 0.188 e. The highest BCUT2D eigenvalue weighted by Gasteiger charge is 2.07. The Hall–Kier alpha value is -1.94. The van der Waals surface area contributed by atoms with E-state index >= 15 is 0 Å². The number of Topliss-reactive ketones (excluding diaryl/α,β-unsaturated/α-hetero) is 1. The van der Waals surface area contributed by atoms with Crippen LogP contribution in [0.3, 0.4) is 0 Å². The summed E-state index contributed by atoms with van der Waals surface area (Å²) in [6.07, 6.45) is 3.58. The Balaban J connectivity index is 2.12. The molecule has 1 N–H and O–H groups in total. The summed E-state index contributed by atoms with van der Waals surface area (Å²) in [5, 5.41) is 2.95. The van der Waals surface area contributed by atoms with Crippen molar-refractivity contribution in [1.82, 2.24) is 5.32 Å². The van der Waals surface area contributed by atoms with Crippen LogP contribution in [0, 0.1) is 0 Å². The number of rotatable bonds is 4. The van der Waals surface area contributed by atoms with Crippen LogP contribution >= 0.6 is 0 Å². The second-order valence-corrected chi connectivity index (χ2v) is 3.74. The highest BCUT2D eigenvalue weighted by molar-refractivity contribution is 5.97. The molecule has 0 fully saturated rings. The first-order valence-electron chi connectivity index (χ1n) is 5.37. The zero-order valence-corrected chi connectivity index (χ0v) is 9.64. The second-order valence-electron chi connectivity index (χ2n) is 3.74. The molecule has 0 saturated heterocycles. The number of ether oxygens (including phenoxy) is 1. The van der Waals surface area contributed by atoms with Gasteiger partial charge in [0.2, 0.25) is 0 Å². The zero-order valence-electron chi connectivity index (χ0n) is 9.64. The van der Waals surface area contributed by atoms with E-state index in [-0.39, 0.29) is 12.4 Å². The number of hydrogen-bond acceptors (Lipinski definition) is 4. The molecule has 1 aliphatic rings. The molecule has 17 heavy (non-hydrogen) atoms. The number of methoxy groups -OCH3 is 1. The predicted octanol–water partition coefficient (Wildman–Crippen LogP) is 1.49. The number of carbonyl (C=O) groups excluding carboxylic acids is 1. The van der Waals surface area contributed by atoms with Gasteiger partial charge < -0.3 is 10.1 Å². The van der Waals surface area contributed by atoms with Crippen molar-refractivity contribution in [3.63, 3.8) is 0 Å². The number of carbonyl (C=O) groups is 1. The van der Waals surface area contributed by atoms with E-state index in [1.165, 1.54) is 7.11 Å². The number of ketones is 1. The van der Waals surface area contributed by atoms with Gasteiger partial charge in [0.05, 0.1) is 12.9 Å². The minimum absolute atomic E-state index is 0.00665. The van der Waals surface area contributed by atoms with Crippen LogP contribution in [-0.4, -0.2) is 32.4 Å². The number of benzene rings is 1. The van der Waals surface area contributed by atoms with Crippen molar-refractivity contribution >= 4 is 17.7 Å². The molecular weight excluding hydrogens is 216 g/mol. The van der Waals surface area contributed by atoms with E-state index in [9.17, 15) is 4.79 Å². The summed E-state index contributed by atoms with van der Waals surface area (Å²) in [4.78, 5) is 15.7. The third kappa shape index (κ3) is 2.79. The van der Waals surface area contributed by atoms with Gasteiger partial charge in [0, 0.05) is 18.9 Å². The normalized spacial score (nSPS) is 14.1. The summed E-state index contributed by atoms with van der Waals surface area (Å²) < 4.78 is 4.81. The van der Waals surface area contributed by atoms with Crippen molar-refractivity contribution in [3.05, 3.63) is 41.6 Å². The van der Waals surface area contributed by atoms with Crippen LogP contribution in [-0.2, 0) is 4.74 Å². The Morgan fingerprint density at radius 2 is 2.18 bits per heavy atom. The van der Waals surface area contributed by atoms with Crippen molar-refractivity contribution in [3.8, 4) is 0 Å². The SMILES string of the molecule is COCC(=O)c1ccc(C2=CNC=NC2)cc1. The van der Waals surface area contributed by atoms with Crippen molar-refractivity contribution in [2.75, 3.05) is 20.3 Å². The second kappa shape index (κ2) is 5.41. The number of hydrogen-bond donors (Lipinski definition) is 1. The smallest absolute Gasteiger partial charge is 0.188 e. The summed E-state index contributed by atoms with van der Waals surface area (Å²) in [7, 11) is 1.52. The van der Waals surface area contributed by atoms with Crippen LogP contribution in [0.1, 0.15) is 15.9 Å². The highest BCUT2D eigenvalue weighted by Crippen LogP contribution is 2.16. The number of nitrogens with one attached hydrogen (secondary N) is 1. The van der Waals surface area contributed by atoms with Crippen LogP contribution in [0.5, 0.6) is 0 Å². The Morgan fingerprint density at radius 3 is 2.76 bits per heavy atom. The quantitative estimate of drug-likeness (QED) is 0.797. The van der Waals surface area contributed by atoms with E-state index in [4.69, 9.17) is 4.74 Å². The fraction of sp³-hybridized carbons (Fsp3) is 0.231.